The Bertz CT molecular complexity index is 859. The largest absolute Gasteiger partial charge is 0.496 e. The number of benzene rings is 2. The summed E-state index contributed by atoms with van der Waals surface area (Å²) in [5.41, 5.74) is 5.04. The smallest absolute Gasteiger partial charge is 0.277 e. The molecule has 2 amide bonds. The molecule has 0 radical (unpaired) electrons. The summed E-state index contributed by atoms with van der Waals surface area (Å²) in [6.07, 6.45) is 0. The highest BCUT2D eigenvalue weighted by molar-refractivity contribution is 5.95. The number of methoxy groups -OCH3 is 1. The highest BCUT2D eigenvalue weighted by atomic mass is 16.5. The fourth-order valence-electron chi connectivity index (χ4n) is 3.32. The van der Waals surface area contributed by atoms with Gasteiger partial charge in [-0.15, -0.1) is 0 Å². The SMILES string of the molecule is COc1ccc(C)cc1C[NH+](C)CC(=O)N(C)CC(=O)Nc1c(C)cccc1C. The number of nitrogens with zero attached hydrogens (tertiary/aromatic N) is 1. The van der Waals surface area contributed by atoms with E-state index in [-0.39, 0.29) is 18.4 Å². The summed E-state index contributed by atoms with van der Waals surface area (Å²) in [6, 6.07) is 11.9. The van der Waals surface area contributed by atoms with Gasteiger partial charge in [-0.25, -0.2) is 0 Å². The van der Waals surface area contributed by atoms with Crippen molar-refractivity contribution in [2.75, 3.05) is 39.6 Å². The van der Waals surface area contributed by atoms with Gasteiger partial charge >= 0.3 is 0 Å². The van der Waals surface area contributed by atoms with E-state index in [9.17, 15) is 9.59 Å². The summed E-state index contributed by atoms with van der Waals surface area (Å²) in [6.45, 7) is 6.92. The Morgan fingerprint density at radius 2 is 1.76 bits per heavy atom. The molecule has 2 rings (SSSR count). The maximum atomic E-state index is 12.6. The Hall–Kier alpha value is -2.86. The highest BCUT2D eigenvalue weighted by Gasteiger charge is 2.19. The number of hydrogen-bond acceptors (Lipinski definition) is 3. The van der Waals surface area contributed by atoms with Gasteiger partial charge in [0.15, 0.2) is 6.54 Å². The second kappa shape index (κ2) is 10.1. The van der Waals surface area contributed by atoms with Crippen molar-refractivity contribution in [3.05, 3.63) is 58.7 Å². The number of aryl methyl sites for hydroxylation is 3. The number of rotatable bonds is 8. The van der Waals surface area contributed by atoms with Crippen molar-refractivity contribution in [3.63, 3.8) is 0 Å². The Kier molecular flexibility index (Phi) is 7.79. The molecule has 29 heavy (non-hydrogen) atoms. The van der Waals surface area contributed by atoms with E-state index in [0.717, 1.165) is 38.6 Å². The van der Waals surface area contributed by atoms with E-state index in [1.54, 1.807) is 14.2 Å². The quantitative estimate of drug-likeness (QED) is 0.712. The van der Waals surface area contributed by atoms with Crippen LogP contribution in [0, 0.1) is 20.8 Å². The third-order valence-electron chi connectivity index (χ3n) is 4.93. The lowest BCUT2D eigenvalue weighted by atomic mass is 10.1. The number of carbonyl (C=O) groups excluding carboxylic acids is 2. The van der Waals surface area contributed by atoms with Crippen molar-refractivity contribution in [2.45, 2.75) is 27.3 Å². The maximum Gasteiger partial charge on any atom is 0.277 e. The zero-order valence-corrected chi connectivity index (χ0v) is 18.3. The van der Waals surface area contributed by atoms with Crippen LogP contribution in [0.1, 0.15) is 22.3 Å². The minimum atomic E-state index is -0.198. The first kappa shape index (κ1) is 22.4. The predicted molar refractivity (Wildman–Crippen MR) is 115 cm³/mol. The molecule has 0 aromatic heterocycles. The normalized spacial score (nSPS) is 11.7. The van der Waals surface area contributed by atoms with Gasteiger partial charge < -0.3 is 19.9 Å². The second-order valence-electron chi connectivity index (χ2n) is 7.69. The predicted octanol–water partition coefficient (Wildman–Crippen LogP) is 1.73. The van der Waals surface area contributed by atoms with Gasteiger partial charge in [-0.05, 0) is 44.0 Å². The van der Waals surface area contributed by atoms with Crippen LogP contribution in [0.3, 0.4) is 0 Å². The first-order chi connectivity index (χ1) is 13.7. The van der Waals surface area contributed by atoms with Gasteiger partial charge in [0.2, 0.25) is 5.91 Å². The molecule has 2 aromatic rings. The highest BCUT2D eigenvalue weighted by Crippen LogP contribution is 2.19. The van der Waals surface area contributed by atoms with E-state index in [1.165, 1.54) is 4.90 Å². The van der Waals surface area contributed by atoms with Gasteiger partial charge in [-0.3, -0.25) is 9.59 Å². The van der Waals surface area contributed by atoms with Crippen molar-refractivity contribution in [3.8, 4) is 5.75 Å². The van der Waals surface area contributed by atoms with Crippen molar-refractivity contribution in [1.82, 2.24) is 4.90 Å². The number of carbonyl (C=O) groups is 2. The van der Waals surface area contributed by atoms with Gasteiger partial charge in [0.25, 0.3) is 5.91 Å². The zero-order chi connectivity index (χ0) is 21.6. The lowest BCUT2D eigenvalue weighted by Gasteiger charge is -2.21. The van der Waals surface area contributed by atoms with Crippen LogP contribution in [0.4, 0.5) is 5.69 Å². The minimum Gasteiger partial charge on any atom is -0.496 e. The molecule has 2 aromatic carbocycles. The number of nitrogens with one attached hydrogen (secondary N) is 2. The topological polar surface area (TPSA) is 63.1 Å². The molecule has 0 aliphatic heterocycles. The molecular formula is C23H32N3O3+. The van der Waals surface area contributed by atoms with Gasteiger partial charge in [0.1, 0.15) is 12.3 Å². The number of quaternary nitrogens is 1. The Balaban J connectivity index is 1.91. The second-order valence-corrected chi connectivity index (χ2v) is 7.69. The number of ether oxygens (including phenoxy) is 1. The Morgan fingerprint density at radius 3 is 2.38 bits per heavy atom. The van der Waals surface area contributed by atoms with Gasteiger partial charge in [0.05, 0.1) is 20.7 Å². The molecule has 1 atom stereocenters. The third kappa shape index (κ3) is 6.32. The molecule has 2 N–H and O–H groups in total. The number of anilines is 1. The molecule has 156 valence electrons. The van der Waals surface area contributed by atoms with Crippen molar-refractivity contribution < 1.29 is 19.2 Å². The molecule has 6 nitrogen and oxygen atoms in total. The lowest BCUT2D eigenvalue weighted by molar-refractivity contribution is -0.885. The minimum absolute atomic E-state index is 0.0215. The standard InChI is InChI=1S/C23H31N3O3/c1-16-10-11-20(29-6)19(12-16)13-25(4)15-22(28)26(5)14-21(27)24-23-17(2)8-7-9-18(23)3/h7-12H,13-15H2,1-6H3,(H,24,27)/p+1. The molecule has 0 bridgehead atoms. The number of para-hydroxylation sites is 1. The van der Waals surface area contributed by atoms with E-state index in [1.807, 2.05) is 58.2 Å². The van der Waals surface area contributed by atoms with Crippen LogP contribution < -0.4 is 15.0 Å². The molecule has 0 saturated heterocycles. The number of hydrogen-bond donors (Lipinski definition) is 2. The fraction of sp³-hybridized carbons (Fsp3) is 0.391. The average Bonchev–Trinajstić information content (AvgIpc) is 2.65. The molecule has 0 spiro atoms. The third-order valence-corrected chi connectivity index (χ3v) is 4.93. The summed E-state index contributed by atoms with van der Waals surface area (Å²) < 4.78 is 5.42. The van der Waals surface area contributed by atoms with Crippen LogP contribution in [-0.2, 0) is 16.1 Å². The molecule has 0 saturated carbocycles. The molecular weight excluding hydrogens is 366 g/mol. The van der Waals surface area contributed by atoms with Crippen molar-refractivity contribution in [2.24, 2.45) is 0 Å². The van der Waals surface area contributed by atoms with Crippen LogP contribution in [0.15, 0.2) is 36.4 Å². The van der Waals surface area contributed by atoms with E-state index in [4.69, 9.17) is 4.74 Å². The summed E-state index contributed by atoms with van der Waals surface area (Å²) in [7, 11) is 5.27. The zero-order valence-electron chi connectivity index (χ0n) is 18.3. The first-order valence-corrected chi connectivity index (χ1v) is 9.76. The monoisotopic (exact) mass is 398 g/mol. The first-order valence-electron chi connectivity index (χ1n) is 9.76. The summed E-state index contributed by atoms with van der Waals surface area (Å²) >= 11 is 0. The summed E-state index contributed by atoms with van der Waals surface area (Å²) in [5, 5.41) is 2.92. The van der Waals surface area contributed by atoms with Crippen LogP contribution in [-0.4, -0.2) is 51.0 Å². The molecule has 6 heteroatoms. The van der Waals surface area contributed by atoms with Crippen molar-refractivity contribution >= 4 is 17.5 Å². The molecule has 1 unspecified atom stereocenters. The van der Waals surface area contributed by atoms with Gasteiger partial charge in [-0.2, -0.15) is 0 Å². The lowest BCUT2D eigenvalue weighted by Crippen LogP contribution is -3.08. The van der Waals surface area contributed by atoms with Crippen LogP contribution in [0.25, 0.3) is 0 Å². The van der Waals surface area contributed by atoms with Crippen LogP contribution in [0.2, 0.25) is 0 Å². The number of likely N-dealkylation sites (N-methyl/N-ethyl adjacent to an activating group) is 2. The summed E-state index contributed by atoms with van der Waals surface area (Å²) in [4.78, 5) is 27.5. The average molecular weight is 399 g/mol. The van der Waals surface area contributed by atoms with Gasteiger partial charge in [0, 0.05) is 18.3 Å². The Labute approximate surface area is 173 Å². The maximum absolute atomic E-state index is 12.6. The molecule has 0 heterocycles. The fourth-order valence-corrected chi connectivity index (χ4v) is 3.32. The van der Waals surface area contributed by atoms with E-state index >= 15 is 0 Å². The molecule has 0 aliphatic rings. The van der Waals surface area contributed by atoms with Gasteiger partial charge in [-0.1, -0.05) is 29.8 Å². The number of amides is 2. The van der Waals surface area contributed by atoms with E-state index in [0.29, 0.717) is 13.1 Å². The van der Waals surface area contributed by atoms with E-state index < -0.39 is 0 Å². The Morgan fingerprint density at radius 1 is 1.10 bits per heavy atom. The molecule has 0 fully saturated rings. The van der Waals surface area contributed by atoms with Crippen molar-refractivity contribution in [1.29, 1.82) is 0 Å². The van der Waals surface area contributed by atoms with Crippen LogP contribution in [0.5, 0.6) is 5.75 Å². The van der Waals surface area contributed by atoms with Crippen LogP contribution >= 0.6 is 0 Å². The summed E-state index contributed by atoms with van der Waals surface area (Å²) in [5.74, 6) is 0.547. The van der Waals surface area contributed by atoms with E-state index in [2.05, 4.69) is 11.4 Å². The molecule has 0 aliphatic carbocycles.